The van der Waals surface area contributed by atoms with Gasteiger partial charge in [-0.3, -0.25) is 9.48 Å². The topological polar surface area (TPSA) is 97.4 Å². The molecule has 1 amide bonds. The molecule has 0 bridgehead atoms. The lowest BCUT2D eigenvalue weighted by Crippen LogP contribution is -2.35. The molecule has 2 N–H and O–H groups in total. The number of aromatic carboxylic acids is 1. The monoisotopic (exact) mass is 263 g/mol. The molecule has 19 heavy (non-hydrogen) atoms. The lowest BCUT2D eigenvalue weighted by atomic mass is 10.3. The maximum Gasteiger partial charge on any atom is 0.338 e. The van der Waals surface area contributed by atoms with Crippen molar-refractivity contribution in [3.05, 3.63) is 42.1 Å². The summed E-state index contributed by atoms with van der Waals surface area (Å²) in [4.78, 5) is 22.5. The Morgan fingerprint density at radius 3 is 2.95 bits per heavy atom. The van der Waals surface area contributed by atoms with E-state index in [1.54, 1.807) is 23.1 Å². The van der Waals surface area contributed by atoms with E-state index in [1.807, 2.05) is 6.92 Å². The highest BCUT2D eigenvalue weighted by atomic mass is 16.4. The van der Waals surface area contributed by atoms with Crippen LogP contribution in [-0.2, 0) is 6.54 Å². The Labute approximate surface area is 108 Å². The maximum atomic E-state index is 11.8. The summed E-state index contributed by atoms with van der Waals surface area (Å²) in [6, 6.07) is 2.82. The summed E-state index contributed by atoms with van der Waals surface area (Å²) in [6.07, 6.45) is 4.48. The van der Waals surface area contributed by atoms with E-state index < -0.39 is 11.9 Å². The molecule has 2 aromatic heterocycles. The van der Waals surface area contributed by atoms with Crippen LogP contribution in [0.25, 0.3) is 0 Å². The Morgan fingerprint density at radius 2 is 2.37 bits per heavy atom. The second kappa shape index (κ2) is 5.38. The van der Waals surface area contributed by atoms with Crippen LogP contribution in [0, 0.1) is 0 Å². The van der Waals surface area contributed by atoms with Crippen molar-refractivity contribution < 1.29 is 19.1 Å². The largest absolute Gasteiger partial charge is 0.478 e. The summed E-state index contributed by atoms with van der Waals surface area (Å²) in [5, 5.41) is 15.5. The zero-order valence-corrected chi connectivity index (χ0v) is 10.2. The number of amides is 1. The normalized spacial score (nSPS) is 12.1. The minimum atomic E-state index is -1.13. The summed E-state index contributed by atoms with van der Waals surface area (Å²) in [5.74, 6) is -1.61. The van der Waals surface area contributed by atoms with Gasteiger partial charge in [0.15, 0.2) is 5.76 Å². The lowest BCUT2D eigenvalue weighted by Gasteiger charge is -2.12. The van der Waals surface area contributed by atoms with E-state index in [0.717, 1.165) is 6.26 Å². The van der Waals surface area contributed by atoms with Gasteiger partial charge in [-0.15, -0.1) is 0 Å². The number of hydrogen-bond acceptors (Lipinski definition) is 4. The second-order valence-corrected chi connectivity index (χ2v) is 4.11. The number of furan rings is 1. The fraction of sp³-hybridized carbons (Fsp3) is 0.250. The van der Waals surface area contributed by atoms with Crippen molar-refractivity contribution in [3.8, 4) is 0 Å². The molecule has 0 saturated carbocycles. The predicted octanol–water partition coefficient (Wildman–Crippen LogP) is 0.993. The van der Waals surface area contributed by atoms with Gasteiger partial charge in [0.25, 0.3) is 5.91 Å². The average molecular weight is 263 g/mol. The minimum absolute atomic E-state index is 0.0234. The van der Waals surface area contributed by atoms with Crippen LogP contribution in [0.1, 0.15) is 27.8 Å². The number of carboxylic acid groups (broad SMARTS) is 1. The highest BCUT2D eigenvalue weighted by molar-refractivity contribution is 5.95. The van der Waals surface area contributed by atoms with Gasteiger partial charge in [0, 0.05) is 24.5 Å². The highest BCUT2D eigenvalue weighted by Gasteiger charge is 2.16. The Bertz CT molecular complexity index is 574. The van der Waals surface area contributed by atoms with Gasteiger partial charge in [0.2, 0.25) is 0 Å². The van der Waals surface area contributed by atoms with Crippen molar-refractivity contribution in [2.24, 2.45) is 0 Å². The molecule has 0 aliphatic rings. The summed E-state index contributed by atoms with van der Waals surface area (Å²) in [7, 11) is 0. The first kappa shape index (κ1) is 12.9. The molecule has 7 nitrogen and oxygen atoms in total. The Balaban J connectivity index is 1.94. The van der Waals surface area contributed by atoms with Gasteiger partial charge in [0.05, 0.1) is 12.1 Å². The van der Waals surface area contributed by atoms with Gasteiger partial charge in [-0.2, -0.15) is 5.10 Å². The molecular weight excluding hydrogens is 250 g/mol. The smallest absolute Gasteiger partial charge is 0.338 e. The predicted molar refractivity (Wildman–Crippen MR) is 64.8 cm³/mol. The fourth-order valence-corrected chi connectivity index (χ4v) is 1.60. The zero-order chi connectivity index (χ0) is 13.8. The Kier molecular flexibility index (Phi) is 3.65. The number of hydrogen-bond donors (Lipinski definition) is 2. The second-order valence-electron chi connectivity index (χ2n) is 4.11. The molecule has 7 heteroatoms. The first-order valence-electron chi connectivity index (χ1n) is 5.66. The average Bonchev–Trinajstić information content (AvgIpc) is 2.98. The van der Waals surface area contributed by atoms with Crippen LogP contribution in [0.3, 0.4) is 0 Å². The van der Waals surface area contributed by atoms with Crippen LogP contribution in [0.2, 0.25) is 0 Å². The number of aromatic nitrogens is 2. The third-order valence-electron chi connectivity index (χ3n) is 2.47. The van der Waals surface area contributed by atoms with Crippen molar-refractivity contribution in [1.29, 1.82) is 0 Å². The van der Waals surface area contributed by atoms with Crippen molar-refractivity contribution in [3.63, 3.8) is 0 Å². The number of carboxylic acids is 1. The van der Waals surface area contributed by atoms with E-state index in [0.29, 0.717) is 6.54 Å². The van der Waals surface area contributed by atoms with E-state index in [-0.39, 0.29) is 17.4 Å². The number of nitrogens with one attached hydrogen (secondary N) is 1. The number of carbonyl (C=O) groups is 2. The van der Waals surface area contributed by atoms with E-state index in [2.05, 4.69) is 10.4 Å². The molecule has 1 atom stereocenters. The molecule has 2 heterocycles. The molecular formula is C12H13N3O4. The van der Waals surface area contributed by atoms with Gasteiger partial charge >= 0.3 is 5.97 Å². The van der Waals surface area contributed by atoms with E-state index in [9.17, 15) is 9.59 Å². The molecule has 0 saturated heterocycles. The molecule has 0 spiro atoms. The molecule has 0 radical (unpaired) electrons. The molecule has 100 valence electrons. The third kappa shape index (κ3) is 3.21. The first-order chi connectivity index (χ1) is 9.06. The van der Waals surface area contributed by atoms with Gasteiger partial charge in [-0.1, -0.05) is 0 Å². The van der Waals surface area contributed by atoms with Crippen molar-refractivity contribution in [2.45, 2.75) is 19.5 Å². The van der Waals surface area contributed by atoms with Crippen LogP contribution in [0.4, 0.5) is 0 Å². The Hall–Kier alpha value is -2.57. The molecule has 2 rings (SSSR count). The number of rotatable bonds is 5. The maximum absolute atomic E-state index is 11.8. The van der Waals surface area contributed by atoms with Crippen molar-refractivity contribution >= 4 is 11.9 Å². The molecule has 0 aromatic carbocycles. The molecule has 0 fully saturated rings. The molecule has 1 unspecified atom stereocenters. The highest BCUT2D eigenvalue weighted by Crippen LogP contribution is 2.08. The number of nitrogens with zero attached hydrogens (tertiary/aromatic N) is 2. The molecule has 0 aliphatic carbocycles. The first-order valence-corrected chi connectivity index (χ1v) is 5.66. The molecule has 0 aliphatic heterocycles. The van der Waals surface area contributed by atoms with Crippen LogP contribution in [0.5, 0.6) is 0 Å². The van der Waals surface area contributed by atoms with Gasteiger partial charge in [-0.25, -0.2) is 4.79 Å². The summed E-state index contributed by atoms with van der Waals surface area (Å²) >= 11 is 0. The van der Waals surface area contributed by atoms with Gasteiger partial charge in [-0.05, 0) is 13.0 Å². The van der Waals surface area contributed by atoms with Crippen LogP contribution >= 0.6 is 0 Å². The van der Waals surface area contributed by atoms with E-state index in [4.69, 9.17) is 9.52 Å². The van der Waals surface area contributed by atoms with Crippen LogP contribution < -0.4 is 5.32 Å². The van der Waals surface area contributed by atoms with Crippen LogP contribution in [-0.4, -0.2) is 32.8 Å². The van der Waals surface area contributed by atoms with Crippen LogP contribution in [0.15, 0.2) is 35.2 Å². The quantitative estimate of drug-likeness (QED) is 0.838. The summed E-state index contributed by atoms with van der Waals surface area (Å²) < 4.78 is 6.60. The lowest BCUT2D eigenvalue weighted by molar-refractivity contribution is 0.0695. The summed E-state index contributed by atoms with van der Waals surface area (Å²) in [6.45, 7) is 2.34. The summed E-state index contributed by atoms with van der Waals surface area (Å²) in [5.41, 5.74) is -0.0510. The minimum Gasteiger partial charge on any atom is -0.478 e. The Morgan fingerprint density at radius 1 is 1.58 bits per heavy atom. The van der Waals surface area contributed by atoms with Gasteiger partial charge < -0.3 is 14.8 Å². The van der Waals surface area contributed by atoms with E-state index in [1.165, 1.54) is 6.07 Å². The number of carbonyl (C=O) groups excluding carboxylic acids is 1. The van der Waals surface area contributed by atoms with Crippen molar-refractivity contribution in [2.75, 3.05) is 0 Å². The van der Waals surface area contributed by atoms with E-state index >= 15 is 0 Å². The van der Waals surface area contributed by atoms with Gasteiger partial charge in [0.1, 0.15) is 6.26 Å². The molecule has 2 aromatic rings. The fourth-order valence-electron chi connectivity index (χ4n) is 1.60. The zero-order valence-electron chi connectivity index (χ0n) is 10.2. The SMILES string of the molecule is CC(Cn1cccn1)NC(=O)c1cc(C(=O)O)co1. The van der Waals surface area contributed by atoms with Crippen molar-refractivity contribution in [1.82, 2.24) is 15.1 Å². The third-order valence-corrected chi connectivity index (χ3v) is 2.47. The standard InChI is InChI=1S/C12H13N3O4/c1-8(6-15-4-2-3-13-15)14-11(16)10-5-9(7-19-10)12(17)18/h2-5,7-8H,6H2,1H3,(H,14,16)(H,17,18).